The Kier molecular flexibility index (Phi) is 5.56. The zero-order valence-corrected chi connectivity index (χ0v) is 12.3. The summed E-state index contributed by atoms with van der Waals surface area (Å²) >= 11 is 0. The van der Waals surface area contributed by atoms with Crippen LogP contribution in [0.5, 0.6) is 5.75 Å². The molecule has 0 aliphatic heterocycles. The second-order valence-corrected chi connectivity index (χ2v) is 4.73. The molecule has 0 atom stereocenters. The largest absolute Gasteiger partial charge is 0.496 e. The van der Waals surface area contributed by atoms with Gasteiger partial charge < -0.3 is 4.74 Å². The van der Waals surface area contributed by atoms with E-state index in [1.54, 1.807) is 20.1 Å². The van der Waals surface area contributed by atoms with E-state index in [1.807, 2.05) is 26.0 Å². The highest BCUT2D eigenvalue weighted by Gasteiger charge is 1.95. The normalized spacial score (nSPS) is 9.58. The summed E-state index contributed by atoms with van der Waals surface area (Å²) in [6.07, 6.45) is 0. The van der Waals surface area contributed by atoms with Crippen LogP contribution in [0.3, 0.4) is 0 Å². The molecule has 1 nitrogen and oxygen atoms in total. The Morgan fingerprint density at radius 3 is 1.84 bits per heavy atom. The van der Waals surface area contributed by atoms with Crippen molar-refractivity contribution in [1.29, 1.82) is 0 Å². The van der Waals surface area contributed by atoms with Gasteiger partial charge in [-0.25, -0.2) is 4.39 Å². The van der Waals surface area contributed by atoms with Gasteiger partial charge in [0.05, 0.1) is 7.11 Å². The van der Waals surface area contributed by atoms with Gasteiger partial charge in [0.25, 0.3) is 0 Å². The van der Waals surface area contributed by atoms with Crippen molar-refractivity contribution in [2.75, 3.05) is 7.11 Å². The van der Waals surface area contributed by atoms with E-state index in [1.165, 1.54) is 17.2 Å². The van der Waals surface area contributed by atoms with Crippen molar-refractivity contribution in [2.24, 2.45) is 0 Å². The minimum atomic E-state index is -0.124. The Morgan fingerprint density at radius 1 is 0.789 bits per heavy atom. The molecule has 0 radical (unpaired) electrons. The molecule has 0 amide bonds. The van der Waals surface area contributed by atoms with Crippen LogP contribution in [-0.4, -0.2) is 7.11 Å². The van der Waals surface area contributed by atoms with Crippen LogP contribution in [0.1, 0.15) is 22.3 Å². The Labute approximate surface area is 115 Å². The van der Waals surface area contributed by atoms with E-state index >= 15 is 0 Å². The molecule has 0 N–H and O–H groups in total. The van der Waals surface area contributed by atoms with E-state index < -0.39 is 0 Å². The van der Waals surface area contributed by atoms with E-state index in [0.29, 0.717) is 0 Å². The first-order chi connectivity index (χ1) is 8.93. The van der Waals surface area contributed by atoms with Crippen LogP contribution >= 0.6 is 0 Å². The van der Waals surface area contributed by atoms with E-state index in [-0.39, 0.29) is 5.82 Å². The number of ether oxygens (including phenoxy) is 1. The van der Waals surface area contributed by atoms with Crippen LogP contribution in [0.25, 0.3) is 0 Å². The molecule has 0 heterocycles. The van der Waals surface area contributed by atoms with Gasteiger partial charge in [-0.05, 0) is 56.5 Å². The summed E-state index contributed by atoms with van der Waals surface area (Å²) in [4.78, 5) is 0. The topological polar surface area (TPSA) is 9.23 Å². The molecule has 0 bridgehead atoms. The zero-order valence-electron chi connectivity index (χ0n) is 12.3. The van der Waals surface area contributed by atoms with Gasteiger partial charge in [-0.1, -0.05) is 29.8 Å². The Hall–Kier alpha value is -1.83. The SMILES string of the molecule is COc1cc(C)ccc1C.Cc1ccc(F)c(C)c1. The number of methoxy groups -OCH3 is 1. The predicted octanol–water partition coefficient (Wildman–Crippen LogP) is 4.75. The molecule has 0 unspecified atom stereocenters. The monoisotopic (exact) mass is 260 g/mol. The van der Waals surface area contributed by atoms with Gasteiger partial charge in [0.1, 0.15) is 11.6 Å². The molecule has 0 saturated heterocycles. The lowest BCUT2D eigenvalue weighted by Crippen LogP contribution is -1.86. The number of aryl methyl sites for hydroxylation is 4. The summed E-state index contributed by atoms with van der Waals surface area (Å²) < 4.78 is 17.6. The van der Waals surface area contributed by atoms with E-state index in [2.05, 4.69) is 19.1 Å². The lowest BCUT2D eigenvalue weighted by atomic mass is 10.1. The molecule has 2 heteroatoms. The maximum atomic E-state index is 12.5. The van der Waals surface area contributed by atoms with Crippen molar-refractivity contribution in [1.82, 2.24) is 0 Å². The van der Waals surface area contributed by atoms with Crippen LogP contribution in [-0.2, 0) is 0 Å². The second-order valence-electron chi connectivity index (χ2n) is 4.73. The Bertz CT molecular complexity index is 547. The van der Waals surface area contributed by atoms with Gasteiger partial charge in [-0.2, -0.15) is 0 Å². The first-order valence-electron chi connectivity index (χ1n) is 6.28. The quantitative estimate of drug-likeness (QED) is 0.718. The van der Waals surface area contributed by atoms with Gasteiger partial charge in [0.2, 0.25) is 0 Å². The van der Waals surface area contributed by atoms with Crippen LogP contribution in [0.4, 0.5) is 4.39 Å². The number of benzene rings is 2. The molecule has 0 fully saturated rings. The Morgan fingerprint density at radius 2 is 1.37 bits per heavy atom. The predicted molar refractivity (Wildman–Crippen MR) is 78.3 cm³/mol. The van der Waals surface area contributed by atoms with E-state index in [9.17, 15) is 4.39 Å². The van der Waals surface area contributed by atoms with Crippen molar-refractivity contribution in [2.45, 2.75) is 27.7 Å². The van der Waals surface area contributed by atoms with Crippen LogP contribution < -0.4 is 4.74 Å². The summed E-state index contributed by atoms with van der Waals surface area (Å²) in [6, 6.07) is 11.3. The van der Waals surface area contributed by atoms with Crippen molar-refractivity contribution in [3.05, 3.63) is 64.5 Å². The summed E-state index contributed by atoms with van der Waals surface area (Å²) in [5.74, 6) is 0.848. The summed E-state index contributed by atoms with van der Waals surface area (Å²) in [7, 11) is 1.70. The van der Waals surface area contributed by atoms with Gasteiger partial charge in [0, 0.05) is 0 Å². The van der Waals surface area contributed by atoms with Crippen molar-refractivity contribution in [3.63, 3.8) is 0 Å². The van der Waals surface area contributed by atoms with Crippen molar-refractivity contribution in [3.8, 4) is 5.75 Å². The maximum Gasteiger partial charge on any atom is 0.126 e. The molecule has 102 valence electrons. The number of hydrogen-bond donors (Lipinski definition) is 0. The minimum Gasteiger partial charge on any atom is -0.496 e. The molecule has 0 aliphatic rings. The number of rotatable bonds is 1. The summed E-state index contributed by atoms with van der Waals surface area (Å²) in [5.41, 5.74) is 4.25. The highest BCUT2D eigenvalue weighted by molar-refractivity contribution is 5.35. The molecule has 2 rings (SSSR count). The maximum absolute atomic E-state index is 12.5. The van der Waals surface area contributed by atoms with Gasteiger partial charge >= 0.3 is 0 Å². The molecule has 2 aromatic rings. The summed E-state index contributed by atoms with van der Waals surface area (Å²) in [5, 5.41) is 0. The zero-order chi connectivity index (χ0) is 14.4. The standard InChI is InChI=1S/C9H12O.C8H9F/c1-7-4-5-8(2)9(6-7)10-3;1-6-3-4-8(9)7(2)5-6/h4-6H,1-3H3;3-5H,1-2H3. The molecule has 2 aromatic carbocycles. The fraction of sp³-hybridized carbons (Fsp3) is 0.294. The number of halogens is 1. The second kappa shape index (κ2) is 6.93. The third kappa shape index (κ3) is 4.74. The highest BCUT2D eigenvalue weighted by Crippen LogP contribution is 2.17. The molecular formula is C17H21FO. The fourth-order valence-electron chi connectivity index (χ4n) is 1.72. The van der Waals surface area contributed by atoms with Crippen molar-refractivity contribution < 1.29 is 9.13 Å². The molecule has 0 aromatic heterocycles. The van der Waals surface area contributed by atoms with Gasteiger partial charge in [0.15, 0.2) is 0 Å². The molecular weight excluding hydrogens is 239 g/mol. The first-order valence-corrected chi connectivity index (χ1v) is 6.28. The van der Waals surface area contributed by atoms with Gasteiger partial charge in [-0.15, -0.1) is 0 Å². The third-order valence-corrected chi connectivity index (χ3v) is 2.88. The minimum absolute atomic E-state index is 0.124. The van der Waals surface area contributed by atoms with E-state index in [0.717, 1.165) is 16.9 Å². The van der Waals surface area contributed by atoms with Crippen LogP contribution in [0, 0.1) is 33.5 Å². The van der Waals surface area contributed by atoms with Crippen LogP contribution in [0.15, 0.2) is 36.4 Å². The smallest absolute Gasteiger partial charge is 0.126 e. The average Bonchev–Trinajstić information content (AvgIpc) is 2.38. The number of hydrogen-bond acceptors (Lipinski definition) is 1. The molecule has 0 saturated carbocycles. The Balaban J connectivity index is 0.000000191. The summed E-state index contributed by atoms with van der Waals surface area (Å²) in [6.45, 7) is 7.81. The van der Waals surface area contributed by atoms with Crippen LogP contribution in [0.2, 0.25) is 0 Å². The first kappa shape index (κ1) is 15.2. The van der Waals surface area contributed by atoms with Crippen molar-refractivity contribution >= 4 is 0 Å². The average molecular weight is 260 g/mol. The lowest BCUT2D eigenvalue weighted by Gasteiger charge is -2.03. The molecule has 0 aliphatic carbocycles. The highest BCUT2D eigenvalue weighted by atomic mass is 19.1. The van der Waals surface area contributed by atoms with E-state index in [4.69, 9.17) is 4.74 Å². The fourth-order valence-corrected chi connectivity index (χ4v) is 1.72. The molecule has 0 spiro atoms. The lowest BCUT2D eigenvalue weighted by molar-refractivity contribution is 0.411. The molecule has 19 heavy (non-hydrogen) atoms. The third-order valence-electron chi connectivity index (χ3n) is 2.88. The van der Waals surface area contributed by atoms with Gasteiger partial charge in [-0.3, -0.25) is 0 Å².